The monoisotopic (exact) mass is 280 g/mol. The first-order chi connectivity index (χ1) is 9.22. The molecule has 19 heavy (non-hydrogen) atoms. The summed E-state index contributed by atoms with van der Waals surface area (Å²) in [5.74, 6) is 0.00616. The van der Waals surface area contributed by atoms with Gasteiger partial charge in [0.2, 0.25) is 0 Å². The van der Waals surface area contributed by atoms with Gasteiger partial charge < -0.3 is 14.6 Å². The van der Waals surface area contributed by atoms with E-state index in [-0.39, 0.29) is 12.0 Å². The van der Waals surface area contributed by atoms with Crippen LogP contribution in [0.4, 0.5) is 0 Å². The van der Waals surface area contributed by atoms with E-state index in [0.717, 1.165) is 32.4 Å². The molecule has 0 radical (unpaired) electrons. The van der Waals surface area contributed by atoms with Crippen molar-refractivity contribution in [2.24, 2.45) is 0 Å². The number of pyridine rings is 1. The van der Waals surface area contributed by atoms with Gasteiger partial charge in [-0.3, -0.25) is 4.79 Å². The number of nitrogens with one attached hydrogen (secondary N) is 1. The van der Waals surface area contributed by atoms with Crippen LogP contribution in [0.5, 0.6) is 0 Å². The summed E-state index contributed by atoms with van der Waals surface area (Å²) in [5, 5.41) is 0. The molecule has 0 aliphatic carbocycles. The topological polar surface area (TPSA) is 45.3 Å². The van der Waals surface area contributed by atoms with E-state index in [1.54, 1.807) is 18.3 Å². The lowest BCUT2D eigenvalue weighted by atomic mass is 10.1. The van der Waals surface area contributed by atoms with Crippen LogP contribution in [-0.4, -0.2) is 41.6 Å². The lowest BCUT2D eigenvalue weighted by molar-refractivity contribution is 0.00208. The summed E-state index contributed by atoms with van der Waals surface area (Å²) in [6.07, 6.45) is 4.94. The highest BCUT2D eigenvalue weighted by atomic mass is 32.1. The summed E-state index contributed by atoms with van der Waals surface area (Å²) < 4.78 is 6.25. The Balaban J connectivity index is 2.03. The third-order valence-electron chi connectivity index (χ3n) is 3.27. The highest BCUT2D eigenvalue weighted by molar-refractivity contribution is 7.71. The molecule has 2 heterocycles. The Morgan fingerprint density at radius 2 is 2.47 bits per heavy atom. The van der Waals surface area contributed by atoms with Gasteiger partial charge in [0.15, 0.2) is 0 Å². The lowest BCUT2D eigenvalue weighted by Gasteiger charge is -2.32. The molecule has 1 aromatic heterocycles. The maximum absolute atomic E-state index is 12.4. The summed E-state index contributed by atoms with van der Waals surface area (Å²) in [6, 6.07) is 3.58. The molecule has 4 nitrogen and oxygen atoms in total. The van der Waals surface area contributed by atoms with Crippen LogP contribution >= 0.6 is 12.2 Å². The summed E-state index contributed by atoms with van der Waals surface area (Å²) in [7, 11) is 0. The fourth-order valence-corrected chi connectivity index (χ4v) is 2.53. The molecule has 0 saturated carbocycles. The third kappa shape index (κ3) is 3.64. The average Bonchev–Trinajstić information content (AvgIpc) is 2.45. The van der Waals surface area contributed by atoms with Gasteiger partial charge in [-0.2, -0.15) is 0 Å². The third-order valence-corrected chi connectivity index (χ3v) is 3.61. The summed E-state index contributed by atoms with van der Waals surface area (Å²) >= 11 is 5.16. The maximum atomic E-state index is 12.4. The second kappa shape index (κ2) is 6.82. The molecule has 1 aliphatic heterocycles. The van der Waals surface area contributed by atoms with Gasteiger partial charge in [0, 0.05) is 25.9 Å². The van der Waals surface area contributed by atoms with Crippen LogP contribution in [0.15, 0.2) is 18.3 Å². The van der Waals surface area contributed by atoms with E-state index in [4.69, 9.17) is 17.0 Å². The van der Waals surface area contributed by atoms with E-state index >= 15 is 0 Å². The van der Waals surface area contributed by atoms with Gasteiger partial charge in [0.05, 0.1) is 11.7 Å². The highest BCUT2D eigenvalue weighted by Gasteiger charge is 2.25. The molecule has 0 spiro atoms. The van der Waals surface area contributed by atoms with Crippen LogP contribution in [0.3, 0.4) is 0 Å². The zero-order valence-corrected chi connectivity index (χ0v) is 12.0. The number of piperidine rings is 1. The molecule has 1 saturated heterocycles. The second-order valence-electron chi connectivity index (χ2n) is 4.80. The Bertz CT molecular complexity index is 486. The van der Waals surface area contributed by atoms with Crippen molar-refractivity contribution in [3.8, 4) is 0 Å². The van der Waals surface area contributed by atoms with Gasteiger partial charge in [0.1, 0.15) is 4.64 Å². The lowest BCUT2D eigenvalue weighted by Crippen LogP contribution is -2.43. The van der Waals surface area contributed by atoms with Crippen molar-refractivity contribution >= 4 is 18.1 Å². The normalized spacial score (nSPS) is 19.4. The standard InChI is InChI=1S/C14H20N2O2S/c1-2-9-18-11-5-4-8-16(10-11)14(17)12-6-3-7-15-13(12)19/h3,6-7,11H,2,4-5,8-10H2,1H3,(H,15,19). The number of carbonyl (C=O) groups excluding carboxylic acids is 1. The molecule has 104 valence electrons. The van der Waals surface area contributed by atoms with Crippen molar-refractivity contribution in [1.82, 2.24) is 9.88 Å². The van der Waals surface area contributed by atoms with E-state index in [9.17, 15) is 4.79 Å². The van der Waals surface area contributed by atoms with Gasteiger partial charge in [-0.25, -0.2) is 0 Å². The van der Waals surface area contributed by atoms with Crippen LogP contribution in [-0.2, 0) is 4.74 Å². The summed E-state index contributed by atoms with van der Waals surface area (Å²) in [6.45, 7) is 4.31. The van der Waals surface area contributed by atoms with Crippen molar-refractivity contribution in [3.05, 3.63) is 28.5 Å². The van der Waals surface area contributed by atoms with Crippen LogP contribution in [0.1, 0.15) is 36.5 Å². The minimum atomic E-state index is 0.00616. The molecule has 0 bridgehead atoms. The molecule has 1 fully saturated rings. The number of rotatable bonds is 4. The Morgan fingerprint density at radius 3 is 3.21 bits per heavy atom. The molecule has 1 aliphatic rings. The first-order valence-electron chi connectivity index (χ1n) is 6.81. The molecule has 1 aromatic rings. The first-order valence-corrected chi connectivity index (χ1v) is 7.21. The number of carbonyl (C=O) groups is 1. The van der Waals surface area contributed by atoms with Crippen LogP contribution in [0.2, 0.25) is 0 Å². The van der Waals surface area contributed by atoms with Crippen LogP contribution in [0.25, 0.3) is 0 Å². The number of hydrogen-bond donors (Lipinski definition) is 1. The summed E-state index contributed by atoms with van der Waals surface area (Å²) in [5.41, 5.74) is 0.577. The number of nitrogens with zero attached hydrogens (tertiary/aromatic N) is 1. The predicted molar refractivity (Wildman–Crippen MR) is 76.8 cm³/mol. The van der Waals surface area contributed by atoms with E-state index in [0.29, 0.717) is 16.7 Å². The quantitative estimate of drug-likeness (QED) is 0.863. The van der Waals surface area contributed by atoms with Crippen LogP contribution < -0.4 is 0 Å². The minimum Gasteiger partial charge on any atom is -0.376 e. The molecule has 1 amide bonds. The fourth-order valence-electron chi connectivity index (χ4n) is 2.30. The van der Waals surface area contributed by atoms with Gasteiger partial charge in [0.25, 0.3) is 5.91 Å². The zero-order valence-electron chi connectivity index (χ0n) is 11.2. The SMILES string of the molecule is CCCOC1CCCN(C(=O)c2ccc[nH]c2=S)C1. The molecule has 1 N–H and O–H groups in total. The maximum Gasteiger partial charge on any atom is 0.256 e. The Kier molecular flexibility index (Phi) is 5.10. The first kappa shape index (κ1) is 14.2. The molecular weight excluding hydrogens is 260 g/mol. The zero-order chi connectivity index (χ0) is 13.7. The Hall–Kier alpha value is -1.20. The van der Waals surface area contributed by atoms with E-state index < -0.39 is 0 Å². The molecule has 2 rings (SSSR count). The van der Waals surface area contributed by atoms with E-state index in [1.165, 1.54) is 0 Å². The van der Waals surface area contributed by atoms with Crippen LogP contribution in [0, 0.1) is 4.64 Å². The molecular formula is C14H20N2O2S. The van der Waals surface area contributed by atoms with E-state index in [1.807, 2.05) is 4.90 Å². The van der Waals surface area contributed by atoms with Gasteiger partial charge in [-0.05, 0) is 31.4 Å². The van der Waals surface area contributed by atoms with Gasteiger partial charge in [-0.15, -0.1) is 0 Å². The molecule has 1 unspecified atom stereocenters. The molecule has 5 heteroatoms. The highest BCUT2D eigenvalue weighted by Crippen LogP contribution is 2.16. The van der Waals surface area contributed by atoms with Gasteiger partial charge >= 0.3 is 0 Å². The van der Waals surface area contributed by atoms with Crippen molar-refractivity contribution < 1.29 is 9.53 Å². The largest absolute Gasteiger partial charge is 0.376 e. The fraction of sp³-hybridized carbons (Fsp3) is 0.571. The van der Waals surface area contributed by atoms with Crippen molar-refractivity contribution in [1.29, 1.82) is 0 Å². The number of aromatic nitrogens is 1. The molecule has 0 aromatic carbocycles. The molecule has 1 atom stereocenters. The Labute approximate surface area is 118 Å². The van der Waals surface area contributed by atoms with Crippen molar-refractivity contribution in [2.45, 2.75) is 32.3 Å². The second-order valence-corrected chi connectivity index (χ2v) is 5.21. The number of H-pyrrole nitrogens is 1. The number of aromatic amines is 1. The average molecular weight is 280 g/mol. The van der Waals surface area contributed by atoms with E-state index in [2.05, 4.69) is 11.9 Å². The smallest absolute Gasteiger partial charge is 0.256 e. The van der Waals surface area contributed by atoms with Crippen molar-refractivity contribution in [3.63, 3.8) is 0 Å². The van der Waals surface area contributed by atoms with Crippen molar-refractivity contribution in [2.75, 3.05) is 19.7 Å². The van der Waals surface area contributed by atoms with Gasteiger partial charge in [-0.1, -0.05) is 19.1 Å². The minimum absolute atomic E-state index is 0.00616. The Morgan fingerprint density at radius 1 is 1.63 bits per heavy atom. The number of ether oxygens (including phenoxy) is 1. The summed E-state index contributed by atoms with van der Waals surface area (Å²) in [4.78, 5) is 17.2. The number of likely N-dealkylation sites (tertiary alicyclic amines) is 1. The number of amides is 1. The predicted octanol–water partition coefficient (Wildman–Crippen LogP) is 2.78. The number of hydrogen-bond acceptors (Lipinski definition) is 3.